The van der Waals surface area contributed by atoms with Gasteiger partial charge in [-0.1, -0.05) is 13.8 Å². The summed E-state index contributed by atoms with van der Waals surface area (Å²) in [4.78, 5) is 9.67. The van der Waals surface area contributed by atoms with Gasteiger partial charge in [-0.25, -0.2) is 0 Å². The van der Waals surface area contributed by atoms with Gasteiger partial charge in [-0.3, -0.25) is 10.2 Å². The monoisotopic (exact) mass is 114 g/mol. The highest BCUT2D eigenvalue weighted by atomic mass is 16.1. The maximum atomic E-state index is 9.67. The maximum absolute atomic E-state index is 9.67. The van der Waals surface area contributed by atoms with E-state index in [1.165, 1.54) is 0 Å². The Balaban J connectivity index is 3.48. The van der Waals surface area contributed by atoms with Gasteiger partial charge >= 0.3 is 0 Å². The van der Waals surface area contributed by atoms with Crippen LogP contribution in [-0.2, 0) is 4.79 Å². The quantitative estimate of drug-likeness (QED) is 0.304. The SMILES string of the molecule is CC(C)C(=N)NC=O. The highest BCUT2D eigenvalue weighted by Crippen LogP contribution is 1.88. The summed E-state index contributed by atoms with van der Waals surface area (Å²) in [5.74, 6) is 0.375. The molecule has 3 heteroatoms. The zero-order valence-electron chi connectivity index (χ0n) is 5.06. The van der Waals surface area contributed by atoms with Crippen molar-refractivity contribution in [1.82, 2.24) is 5.32 Å². The van der Waals surface area contributed by atoms with Crippen LogP contribution >= 0.6 is 0 Å². The molecule has 2 N–H and O–H groups in total. The molecule has 0 radical (unpaired) electrons. The van der Waals surface area contributed by atoms with E-state index in [2.05, 4.69) is 5.32 Å². The van der Waals surface area contributed by atoms with Crippen LogP contribution in [0.5, 0.6) is 0 Å². The molecule has 1 amide bonds. The van der Waals surface area contributed by atoms with Gasteiger partial charge in [0, 0.05) is 5.92 Å². The third kappa shape index (κ3) is 2.34. The van der Waals surface area contributed by atoms with E-state index < -0.39 is 0 Å². The van der Waals surface area contributed by atoms with Crippen molar-refractivity contribution in [3.8, 4) is 0 Å². The lowest BCUT2D eigenvalue weighted by molar-refractivity contribution is -0.108. The van der Waals surface area contributed by atoms with Gasteiger partial charge in [0.25, 0.3) is 0 Å². The molecule has 0 bridgehead atoms. The molecular weight excluding hydrogens is 104 g/mol. The maximum Gasteiger partial charge on any atom is 0.212 e. The molecule has 3 nitrogen and oxygen atoms in total. The molecule has 0 saturated heterocycles. The van der Waals surface area contributed by atoms with Crippen molar-refractivity contribution in [2.24, 2.45) is 5.92 Å². The third-order valence-corrected chi connectivity index (χ3v) is 0.792. The van der Waals surface area contributed by atoms with E-state index in [1.54, 1.807) is 0 Å². The highest BCUT2D eigenvalue weighted by Gasteiger charge is 1.97. The average Bonchev–Trinajstić information content (AvgIpc) is 1.67. The second kappa shape index (κ2) is 3.18. The Morgan fingerprint density at radius 2 is 2.25 bits per heavy atom. The minimum atomic E-state index is 0.111. The molecule has 0 aromatic rings. The minimum Gasteiger partial charge on any atom is -0.317 e. The summed E-state index contributed by atoms with van der Waals surface area (Å²) in [6.07, 6.45) is 0.516. The van der Waals surface area contributed by atoms with Gasteiger partial charge in [-0.15, -0.1) is 0 Å². The Labute approximate surface area is 48.6 Å². The van der Waals surface area contributed by atoms with Crippen LogP contribution in [0.1, 0.15) is 13.8 Å². The topological polar surface area (TPSA) is 53.0 Å². The number of carbonyl (C=O) groups is 1. The summed E-state index contributed by atoms with van der Waals surface area (Å²) in [5, 5.41) is 9.25. The van der Waals surface area contributed by atoms with E-state index in [1.807, 2.05) is 13.8 Å². The van der Waals surface area contributed by atoms with Crippen molar-refractivity contribution < 1.29 is 4.79 Å². The lowest BCUT2D eigenvalue weighted by Crippen LogP contribution is -2.25. The molecule has 0 fully saturated rings. The van der Waals surface area contributed by atoms with Crippen molar-refractivity contribution in [1.29, 1.82) is 5.41 Å². The van der Waals surface area contributed by atoms with Gasteiger partial charge in [0.1, 0.15) is 5.84 Å². The van der Waals surface area contributed by atoms with Crippen molar-refractivity contribution in [3.05, 3.63) is 0 Å². The van der Waals surface area contributed by atoms with E-state index in [-0.39, 0.29) is 11.8 Å². The fourth-order valence-corrected chi connectivity index (χ4v) is 0.230. The smallest absolute Gasteiger partial charge is 0.212 e. The van der Waals surface area contributed by atoms with Gasteiger partial charge in [0.05, 0.1) is 0 Å². The number of amides is 1. The molecule has 8 heavy (non-hydrogen) atoms. The molecule has 0 saturated carbocycles. The molecule has 0 rings (SSSR count). The van der Waals surface area contributed by atoms with Crippen LogP contribution in [0.2, 0.25) is 0 Å². The Kier molecular flexibility index (Phi) is 2.84. The first-order valence-electron chi connectivity index (χ1n) is 2.47. The van der Waals surface area contributed by atoms with Crippen LogP contribution < -0.4 is 5.32 Å². The molecule has 0 atom stereocenters. The molecule has 0 aromatic carbocycles. The Morgan fingerprint density at radius 1 is 1.75 bits per heavy atom. The fourth-order valence-electron chi connectivity index (χ4n) is 0.230. The van der Waals surface area contributed by atoms with E-state index in [9.17, 15) is 4.79 Å². The number of nitrogens with one attached hydrogen (secondary N) is 2. The minimum absolute atomic E-state index is 0.111. The molecule has 0 unspecified atom stereocenters. The van der Waals surface area contributed by atoms with Crippen molar-refractivity contribution in [2.75, 3.05) is 0 Å². The Morgan fingerprint density at radius 3 is 2.38 bits per heavy atom. The summed E-state index contributed by atoms with van der Waals surface area (Å²) in [7, 11) is 0. The summed E-state index contributed by atoms with van der Waals surface area (Å²) in [6, 6.07) is 0. The van der Waals surface area contributed by atoms with Crippen molar-refractivity contribution in [2.45, 2.75) is 13.8 Å². The highest BCUT2D eigenvalue weighted by molar-refractivity contribution is 5.89. The molecule has 0 aromatic heterocycles. The van der Waals surface area contributed by atoms with Gasteiger partial charge < -0.3 is 5.32 Å². The van der Waals surface area contributed by atoms with Crippen LogP contribution in [-0.4, -0.2) is 12.2 Å². The molecule has 0 aliphatic rings. The number of carbonyl (C=O) groups excluding carboxylic acids is 1. The molecule has 0 heterocycles. The van der Waals surface area contributed by atoms with Gasteiger partial charge in [-0.2, -0.15) is 0 Å². The zero-order valence-corrected chi connectivity index (χ0v) is 5.06. The lowest BCUT2D eigenvalue weighted by Gasteiger charge is -2.02. The first-order chi connectivity index (χ1) is 3.68. The average molecular weight is 114 g/mol. The predicted octanol–water partition coefficient (Wildman–Crippen LogP) is 0.366. The molecule has 0 spiro atoms. The fraction of sp³-hybridized carbons (Fsp3) is 0.600. The number of hydrogen-bond donors (Lipinski definition) is 2. The summed E-state index contributed by atoms with van der Waals surface area (Å²) in [6.45, 7) is 3.69. The summed E-state index contributed by atoms with van der Waals surface area (Å²) < 4.78 is 0. The van der Waals surface area contributed by atoms with Crippen LogP contribution in [0.3, 0.4) is 0 Å². The number of rotatable bonds is 2. The second-order valence-corrected chi connectivity index (χ2v) is 1.83. The zero-order chi connectivity index (χ0) is 6.57. The van der Waals surface area contributed by atoms with E-state index in [0.717, 1.165) is 0 Å². The van der Waals surface area contributed by atoms with Crippen molar-refractivity contribution in [3.63, 3.8) is 0 Å². The van der Waals surface area contributed by atoms with Crippen molar-refractivity contribution >= 4 is 12.2 Å². The normalized spacial score (nSPS) is 8.88. The Hall–Kier alpha value is -0.860. The van der Waals surface area contributed by atoms with Crippen LogP contribution in [0.15, 0.2) is 0 Å². The van der Waals surface area contributed by atoms with E-state index in [4.69, 9.17) is 5.41 Å². The van der Waals surface area contributed by atoms with E-state index >= 15 is 0 Å². The first kappa shape index (κ1) is 7.14. The predicted molar refractivity (Wildman–Crippen MR) is 31.8 cm³/mol. The van der Waals surface area contributed by atoms with Gasteiger partial charge in [0.15, 0.2) is 0 Å². The van der Waals surface area contributed by atoms with Crippen LogP contribution in [0.4, 0.5) is 0 Å². The summed E-state index contributed by atoms with van der Waals surface area (Å²) >= 11 is 0. The largest absolute Gasteiger partial charge is 0.317 e. The molecular formula is C5H10N2O. The number of amidine groups is 1. The van der Waals surface area contributed by atoms with E-state index in [0.29, 0.717) is 6.41 Å². The van der Waals surface area contributed by atoms with Gasteiger partial charge in [-0.05, 0) is 0 Å². The molecule has 46 valence electrons. The second-order valence-electron chi connectivity index (χ2n) is 1.83. The standard InChI is InChI=1S/C5H10N2O/c1-4(2)5(6)7-3-8/h3-4H,1-2H3,(H2,6,7,8). The van der Waals surface area contributed by atoms with Gasteiger partial charge in [0.2, 0.25) is 6.41 Å². The molecule has 0 aliphatic carbocycles. The van der Waals surface area contributed by atoms with Crippen LogP contribution in [0, 0.1) is 11.3 Å². The third-order valence-electron chi connectivity index (χ3n) is 0.792. The summed E-state index contributed by atoms with van der Waals surface area (Å²) in [5.41, 5.74) is 0. The first-order valence-corrected chi connectivity index (χ1v) is 2.47. The molecule has 0 aliphatic heterocycles. The van der Waals surface area contributed by atoms with Crippen LogP contribution in [0.25, 0.3) is 0 Å². The Bertz CT molecular complexity index is 98.6. The number of hydrogen-bond acceptors (Lipinski definition) is 2. The lowest BCUT2D eigenvalue weighted by atomic mass is 10.2.